The van der Waals surface area contributed by atoms with E-state index in [1.807, 2.05) is 48.5 Å². The molecular formula is C21H20BrClN4O2. The Hall–Kier alpha value is -2.22. The van der Waals surface area contributed by atoms with Crippen LogP contribution in [0.1, 0.15) is 18.7 Å². The molecule has 1 aliphatic rings. The van der Waals surface area contributed by atoms with E-state index in [1.54, 1.807) is 0 Å². The lowest BCUT2D eigenvalue weighted by atomic mass is 9.96. The summed E-state index contributed by atoms with van der Waals surface area (Å²) in [6.45, 7) is 2.19. The Labute approximate surface area is 182 Å². The van der Waals surface area contributed by atoms with E-state index in [-0.39, 0.29) is 11.8 Å². The molecule has 2 heterocycles. The number of hydrogen-bond acceptors (Lipinski definition) is 5. The van der Waals surface area contributed by atoms with Crippen LogP contribution in [-0.4, -0.2) is 34.0 Å². The van der Waals surface area contributed by atoms with Gasteiger partial charge in [0.25, 0.3) is 0 Å². The number of anilines is 1. The quantitative estimate of drug-likeness (QED) is 0.562. The number of hydrogen-bond donors (Lipinski definition) is 1. The molecule has 0 spiro atoms. The number of aromatic nitrogens is 2. The van der Waals surface area contributed by atoms with Crippen LogP contribution in [0.3, 0.4) is 0 Å². The molecule has 3 aromatic rings. The maximum Gasteiger partial charge on any atom is 0.241 e. The minimum Gasteiger partial charge on any atom is -0.338 e. The Kier molecular flexibility index (Phi) is 6.28. The third-order valence-corrected chi connectivity index (χ3v) is 5.93. The van der Waals surface area contributed by atoms with Gasteiger partial charge in [-0.2, -0.15) is 4.98 Å². The number of rotatable bonds is 5. The molecule has 0 radical (unpaired) electrons. The number of nitrogens with zero attached hydrogens (tertiary/aromatic N) is 3. The number of likely N-dealkylation sites (tertiary alicyclic amines) is 1. The normalized spacial score (nSPS) is 15.4. The predicted molar refractivity (Wildman–Crippen MR) is 116 cm³/mol. The molecule has 1 fully saturated rings. The van der Waals surface area contributed by atoms with Gasteiger partial charge < -0.3 is 9.84 Å². The SMILES string of the molecule is O=C(Nc1ccccc1Br)C1CCN(Cc2nc(-c3cccc(Cl)c3)no2)CC1. The van der Waals surface area contributed by atoms with Crippen molar-refractivity contribution in [2.45, 2.75) is 19.4 Å². The molecule has 0 bridgehead atoms. The van der Waals surface area contributed by atoms with Crippen molar-refractivity contribution in [3.05, 3.63) is 63.9 Å². The number of carbonyl (C=O) groups is 1. The molecule has 0 atom stereocenters. The minimum absolute atomic E-state index is 0.00284. The van der Waals surface area contributed by atoms with Crippen LogP contribution in [0.25, 0.3) is 11.4 Å². The first-order chi connectivity index (χ1) is 14.1. The van der Waals surface area contributed by atoms with Crippen molar-refractivity contribution in [2.75, 3.05) is 18.4 Å². The number of halogens is 2. The smallest absolute Gasteiger partial charge is 0.241 e. The Balaban J connectivity index is 1.30. The summed E-state index contributed by atoms with van der Waals surface area (Å²) in [7, 11) is 0. The molecule has 4 rings (SSSR count). The van der Waals surface area contributed by atoms with Crippen LogP contribution >= 0.6 is 27.5 Å². The first kappa shape index (κ1) is 20.1. The second kappa shape index (κ2) is 9.07. The van der Waals surface area contributed by atoms with E-state index in [0.29, 0.717) is 23.3 Å². The zero-order valence-electron chi connectivity index (χ0n) is 15.6. The highest BCUT2D eigenvalue weighted by Crippen LogP contribution is 2.25. The molecule has 1 aliphatic heterocycles. The van der Waals surface area contributed by atoms with Crippen molar-refractivity contribution in [3.63, 3.8) is 0 Å². The molecule has 0 saturated carbocycles. The van der Waals surface area contributed by atoms with Crippen molar-refractivity contribution < 1.29 is 9.32 Å². The van der Waals surface area contributed by atoms with Gasteiger partial charge in [0.05, 0.1) is 12.2 Å². The lowest BCUT2D eigenvalue weighted by molar-refractivity contribution is -0.121. The summed E-state index contributed by atoms with van der Waals surface area (Å²) in [5.41, 5.74) is 1.63. The van der Waals surface area contributed by atoms with E-state index in [4.69, 9.17) is 16.1 Å². The van der Waals surface area contributed by atoms with Crippen LogP contribution < -0.4 is 5.32 Å². The zero-order chi connectivity index (χ0) is 20.2. The largest absolute Gasteiger partial charge is 0.338 e. The summed E-state index contributed by atoms with van der Waals surface area (Å²) in [6, 6.07) is 15.0. The molecule has 29 heavy (non-hydrogen) atoms. The first-order valence-electron chi connectivity index (χ1n) is 9.45. The van der Waals surface area contributed by atoms with Crippen LogP contribution in [0.5, 0.6) is 0 Å². The van der Waals surface area contributed by atoms with Gasteiger partial charge in [-0.3, -0.25) is 9.69 Å². The summed E-state index contributed by atoms with van der Waals surface area (Å²) in [6.07, 6.45) is 1.59. The fraction of sp³-hybridized carbons (Fsp3) is 0.286. The maximum absolute atomic E-state index is 12.6. The van der Waals surface area contributed by atoms with Gasteiger partial charge in [0.1, 0.15) is 0 Å². The van der Waals surface area contributed by atoms with Crippen LogP contribution in [0.2, 0.25) is 5.02 Å². The molecular weight excluding hydrogens is 456 g/mol. The molecule has 1 N–H and O–H groups in total. The second-order valence-electron chi connectivity index (χ2n) is 7.04. The van der Waals surface area contributed by atoms with Gasteiger partial charge in [0.15, 0.2) is 0 Å². The fourth-order valence-corrected chi connectivity index (χ4v) is 3.98. The molecule has 2 aromatic carbocycles. The summed E-state index contributed by atoms with van der Waals surface area (Å²) >= 11 is 9.49. The summed E-state index contributed by atoms with van der Waals surface area (Å²) in [5.74, 6) is 1.17. The van der Waals surface area contributed by atoms with Gasteiger partial charge >= 0.3 is 0 Å². The van der Waals surface area contributed by atoms with E-state index in [0.717, 1.165) is 41.7 Å². The Morgan fingerprint density at radius 2 is 2.00 bits per heavy atom. The van der Waals surface area contributed by atoms with Crippen LogP contribution in [0.15, 0.2) is 57.5 Å². The van der Waals surface area contributed by atoms with Crippen molar-refractivity contribution >= 4 is 39.1 Å². The number of benzene rings is 2. The van der Waals surface area contributed by atoms with Gasteiger partial charge in [-0.15, -0.1) is 0 Å². The Morgan fingerprint density at radius 1 is 1.21 bits per heavy atom. The number of nitrogens with one attached hydrogen (secondary N) is 1. The van der Waals surface area contributed by atoms with Crippen molar-refractivity contribution in [1.82, 2.24) is 15.0 Å². The zero-order valence-corrected chi connectivity index (χ0v) is 18.0. The van der Waals surface area contributed by atoms with E-state index in [2.05, 4.69) is 36.3 Å². The summed E-state index contributed by atoms with van der Waals surface area (Å²) in [4.78, 5) is 19.3. The van der Waals surface area contributed by atoms with Gasteiger partial charge in [-0.1, -0.05) is 41.0 Å². The minimum atomic E-state index is 0.00284. The Morgan fingerprint density at radius 3 is 2.76 bits per heavy atom. The molecule has 150 valence electrons. The average molecular weight is 476 g/mol. The third-order valence-electron chi connectivity index (χ3n) is 5.00. The van der Waals surface area contributed by atoms with Crippen LogP contribution in [0.4, 0.5) is 5.69 Å². The highest BCUT2D eigenvalue weighted by Gasteiger charge is 2.26. The van der Waals surface area contributed by atoms with E-state index in [1.165, 1.54) is 0 Å². The molecule has 6 nitrogen and oxygen atoms in total. The van der Waals surface area contributed by atoms with Gasteiger partial charge in [-0.25, -0.2) is 0 Å². The van der Waals surface area contributed by atoms with Gasteiger partial charge in [0.2, 0.25) is 17.6 Å². The molecule has 0 aliphatic carbocycles. The number of amides is 1. The summed E-state index contributed by atoms with van der Waals surface area (Å²) in [5, 5.41) is 7.70. The third kappa shape index (κ3) is 5.04. The van der Waals surface area contributed by atoms with Crippen molar-refractivity contribution in [2.24, 2.45) is 5.92 Å². The second-order valence-corrected chi connectivity index (χ2v) is 8.33. The van der Waals surface area contributed by atoms with Crippen molar-refractivity contribution in [3.8, 4) is 11.4 Å². The molecule has 8 heteroatoms. The van der Waals surface area contributed by atoms with Crippen LogP contribution in [-0.2, 0) is 11.3 Å². The Bertz CT molecular complexity index is 1000. The van der Waals surface area contributed by atoms with E-state index >= 15 is 0 Å². The van der Waals surface area contributed by atoms with Crippen LogP contribution in [0, 0.1) is 5.92 Å². The van der Waals surface area contributed by atoms with Gasteiger partial charge in [-0.05, 0) is 66.1 Å². The van der Waals surface area contributed by atoms with Crippen molar-refractivity contribution in [1.29, 1.82) is 0 Å². The monoisotopic (exact) mass is 474 g/mol. The standard InChI is InChI=1S/C21H20BrClN4O2/c22-17-6-1-2-7-18(17)24-21(28)14-8-10-27(11-9-14)13-19-25-20(26-29-19)15-4-3-5-16(23)12-15/h1-7,12,14H,8-11,13H2,(H,24,28). The molecule has 0 unspecified atom stereocenters. The topological polar surface area (TPSA) is 71.3 Å². The molecule has 1 saturated heterocycles. The highest BCUT2D eigenvalue weighted by molar-refractivity contribution is 9.10. The molecule has 1 amide bonds. The first-order valence-corrected chi connectivity index (χ1v) is 10.6. The predicted octanol–water partition coefficient (Wildman–Crippen LogP) is 5.00. The van der Waals surface area contributed by atoms with E-state index in [9.17, 15) is 4.79 Å². The van der Waals surface area contributed by atoms with E-state index < -0.39 is 0 Å². The highest BCUT2D eigenvalue weighted by atomic mass is 79.9. The number of carbonyl (C=O) groups excluding carboxylic acids is 1. The number of piperidine rings is 1. The fourth-order valence-electron chi connectivity index (χ4n) is 3.41. The molecule has 1 aromatic heterocycles. The van der Waals surface area contributed by atoms with Gasteiger partial charge in [0, 0.05) is 21.0 Å². The average Bonchev–Trinajstić information content (AvgIpc) is 3.19. The summed E-state index contributed by atoms with van der Waals surface area (Å²) < 4.78 is 6.28. The lowest BCUT2D eigenvalue weighted by Gasteiger charge is -2.30. The lowest BCUT2D eigenvalue weighted by Crippen LogP contribution is -2.37. The number of para-hydroxylation sites is 1. The maximum atomic E-state index is 12.6.